The molecule has 0 rings (SSSR count). The number of aliphatic carboxylic acids is 1. The van der Waals surface area contributed by atoms with Gasteiger partial charge in [-0.1, -0.05) is 0 Å². The number of carbonyl (C=O) groups is 2. The van der Waals surface area contributed by atoms with Crippen molar-refractivity contribution in [3.8, 4) is 0 Å². The third kappa shape index (κ3) is 9.19. The Morgan fingerprint density at radius 3 is 1.85 bits per heavy atom. The Bertz CT molecular complexity index is 593. The van der Waals surface area contributed by atoms with Crippen LogP contribution < -0.4 is 34.7 Å². The number of ether oxygens (including phenoxy) is 1. The van der Waals surface area contributed by atoms with Crippen LogP contribution in [0.15, 0.2) is 22.5 Å². The van der Waals surface area contributed by atoms with E-state index >= 15 is 0 Å². The molecule has 0 saturated carbocycles. The number of carboxylic acid groups (broad SMARTS) is 1. The van der Waals surface area contributed by atoms with Crippen LogP contribution in [0.3, 0.4) is 0 Å². The summed E-state index contributed by atoms with van der Waals surface area (Å²) in [6.45, 7) is -0.953. The van der Waals surface area contributed by atoms with Gasteiger partial charge >= 0.3 is 55.8 Å². The molecule has 108 valence electrons. The number of carbonyl (C=O) groups excluding carboxylic acids is 2. The predicted molar refractivity (Wildman–Crippen MR) is 56.3 cm³/mol. The summed E-state index contributed by atoms with van der Waals surface area (Å²) in [6, 6.07) is 0. The third-order valence-corrected chi connectivity index (χ3v) is 3.95. The van der Waals surface area contributed by atoms with Crippen LogP contribution in [-0.4, -0.2) is 44.5 Å². The first-order valence-electron chi connectivity index (χ1n) is 4.15. The summed E-state index contributed by atoms with van der Waals surface area (Å²) in [6.07, 6.45) is 0.942. The summed E-state index contributed by atoms with van der Waals surface area (Å²) in [5, 5.41) is 9.91. The molecule has 0 radical (unpaired) electrons. The van der Waals surface area contributed by atoms with Crippen molar-refractivity contribution in [2.24, 2.45) is 0 Å². The molecule has 0 aliphatic carbocycles. The molecule has 2 N–H and O–H groups in total. The van der Waals surface area contributed by atoms with Gasteiger partial charge in [0.25, 0.3) is 0 Å². The molecule has 0 fully saturated rings. The number of rotatable bonds is 6. The summed E-state index contributed by atoms with van der Waals surface area (Å²) in [5.41, 5.74) is 0. The molecule has 0 amide bonds. The van der Waals surface area contributed by atoms with E-state index in [1.165, 1.54) is 0 Å². The van der Waals surface area contributed by atoms with Gasteiger partial charge in [0.1, 0.15) is 6.61 Å². The number of hydrogen-bond acceptors (Lipinski definition) is 8. The molecule has 0 heterocycles. The number of esters is 1. The van der Waals surface area contributed by atoms with E-state index in [0.29, 0.717) is 12.2 Å². The van der Waals surface area contributed by atoms with Crippen molar-refractivity contribution in [2.75, 3.05) is 6.61 Å². The van der Waals surface area contributed by atoms with Crippen molar-refractivity contribution in [1.29, 1.82) is 0 Å². The van der Waals surface area contributed by atoms with E-state index in [1.807, 2.05) is 0 Å². The van der Waals surface area contributed by atoms with E-state index in [9.17, 15) is 31.5 Å². The van der Waals surface area contributed by atoms with E-state index < -0.39 is 43.0 Å². The monoisotopic (exact) mass is 338 g/mol. The molecule has 20 heavy (non-hydrogen) atoms. The molecule has 0 spiro atoms. The minimum absolute atomic E-state index is 0. The second kappa shape index (κ2) is 8.51. The van der Waals surface area contributed by atoms with Gasteiger partial charge in [0.2, 0.25) is 4.24 Å². The first-order chi connectivity index (χ1) is 8.44. The van der Waals surface area contributed by atoms with Gasteiger partial charge in [-0.3, -0.25) is 9.11 Å². The zero-order valence-electron chi connectivity index (χ0n) is 9.92. The fraction of sp³-hybridized carbons (Fsp3) is 0.143. The summed E-state index contributed by atoms with van der Waals surface area (Å²) in [4.78, 5) is 20.7. The molecule has 0 aromatic rings. The maximum Gasteiger partial charge on any atom is 1.00 e. The summed E-state index contributed by atoms with van der Waals surface area (Å²) >= 11 is 0. The van der Waals surface area contributed by atoms with Crippen molar-refractivity contribution < 1.29 is 74.9 Å². The fourth-order valence-electron chi connectivity index (χ4n) is 0.720. The molecule has 0 aromatic carbocycles. The van der Waals surface area contributed by atoms with Crippen LogP contribution in [0.2, 0.25) is 0 Å². The predicted octanol–water partition coefficient (Wildman–Crippen LogP) is -5.54. The minimum Gasteiger partial charge on any atom is -0.545 e. The number of hydrogen-bond donors (Lipinski definition) is 2. The van der Waals surface area contributed by atoms with Crippen LogP contribution in [0.5, 0.6) is 0 Å². The normalized spacial score (nSPS) is 11.5. The van der Waals surface area contributed by atoms with Crippen LogP contribution in [0, 0.1) is 0 Å². The molecule has 0 bridgehead atoms. The van der Waals surface area contributed by atoms with Crippen molar-refractivity contribution in [2.45, 2.75) is 0 Å². The van der Waals surface area contributed by atoms with Crippen LogP contribution in [0.1, 0.15) is 0 Å². The Balaban J connectivity index is 0. The molecule has 0 unspecified atom stereocenters. The van der Waals surface area contributed by atoms with Gasteiger partial charge in [0, 0.05) is 6.08 Å². The van der Waals surface area contributed by atoms with E-state index in [1.54, 1.807) is 0 Å². The van der Waals surface area contributed by atoms with Gasteiger partial charge in [0.15, 0.2) is 0 Å². The largest absolute Gasteiger partial charge is 1.00 e. The minimum atomic E-state index is -5.24. The van der Waals surface area contributed by atoms with E-state index in [4.69, 9.17) is 9.11 Å². The molecular formula is C7H7NaO10S2. The van der Waals surface area contributed by atoms with Gasteiger partial charge in [0.05, 0.1) is 5.97 Å². The van der Waals surface area contributed by atoms with E-state index in [0.717, 1.165) is 0 Å². The van der Waals surface area contributed by atoms with Gasteiger partial charge in [-0.25, -0.2) is 4.79 Å². The first kappa shape index (κ1) is 21.5. The summed E-state index contributed by atoms with van der Waals surface area (Å²) in [7, 11) is -10.5. The van der Waals surface area contributed by atoms with E-state index in [-0.39, 0.29) is 35.6 Å². The zero-order chi connectivity index (χ0) is 15.3. The molecule has 0 atom stereocenters. The van der Waals surface area contributed by atoms with Crippen LogP contribution in [0.4, 0.5) is 0 Å². The average molecular weight is 338 g/mol. The zero-order valence-corrected chi connectivity index (χ0v) is 13.5. The van der Waals surface area contributed by atoms with Crippen LogP contribution in [-0.2, 0) is 34.6 Å². The quantitative estimate of drug-likeness (QED) is 0.205. The Hall–Kier alpha value is -0.760. The summed E-state index contributed by atoms with van der Waals surface area (Å²) in [5.74, 6) is -2.94. The van der Waals surface area contributed by atoms with Crippen molar-refractivity contribution >= 4 is 32.2 Å². The molecular weight excluding hydrogens is 331 g/mol. The van der Waals surface area contributed by atoms with Crippen molar-refractivity contribution in [3.63, 3.8) is 0 Å². The molecule has 13 heteroatoms. The third-order valence-electron chi connectivity index (χ3n) is 1.34. The van der Waals surface area contributed by atoms with Crippen LogP contribution >= 0.6 is 0 Å². The van der Waals surface area contributed by atoms with Gasteiger partial charge < -0.3 is 14.6 Å². The molecule has 0 aliphatic heterocycles. The van der Waals surface area contributed by atoms with Gasteiger partial charge in [-0.2, -0.15) is 16.8 Å². The van der Waals surface area contributed by atoms with Crippen LogP contribution in [0.25, 0.3) is 0 Å². The van der Waals surface area contributed by atoms with Gasteiger partial charge in [-0.05, 0) is 12.2 Å². The maximum atomic E-state index is 10.8. The first-order valence-corrected chi connectivity index (χ1v) is 7.03. The second-order valence-electron chi connectivity index (χ2n) is 2.76. The maximum absolute atomic E-state index is 10.8. The van der Waals surface area contributed by atoms with Crippen molar-refractivity contribution in [1.82, 2.24) is 0 Å². The SMILES string of the molecule is O=C([O-])C=CC(=O)OCC=C(S(=O)(=O)O)S(=O)(=O)O.[Na+]. The molecule has 0 aliphatic rings. The average Bonchev–Trinajstić information content (AvgIpc) is 2.17. The Morgan fingerprint density at radius 2 is 1.50 bits per heavy atom. The topological polar surface area (TPSA) is 175 Å². The second-order valence-corrected chi connectivity index (χ2v) is 5.79. The van der Waals surface area contributed by atoms with Gasteiger partial charge in [-0.15, -0.1) is 0 Å². The van der Waals surface area contributed by atoms with E-state index in [2.05, 4.69) is 4.74 Å². The molecule has 10 nitrogen and oxygen atoms in total. The standard InChI is InChI=1S/C7H8O10S2.Na/c8-5(9)1-2-6(10)17-4-3-7(18(11,12)13)19(14,15)16;/h1-3H,4H2,(H,8,9)(H,11,12,13)(H,14,15,16);/q;+1/p-1. The smallest absolute Gasteiger partial charge is 0.545 e. The molecule has 0 aromatic heterocycles. The Morgan fingerprint density at radius 1 is 1.05 bits per heavy atom. The molecule has 0 saturated heterocycles. The van der Waals surface area contributed by atoms with Crippen molar-refractivity contribution in [3.05, 3.63) is 22.5 Å². The summed E-state index contributed by atoms with van der Waals surface area (Å²) < 4.78 is 61.7. The Kier molecular flexibility index (Phi) is 9.16. The number of carboxylic acids is 1. The fourth-order valence-corrected chi connectivity index (χ4v) is 2.34. The Labute approximate surface area is 135 Å².